The fourth-order valence-corrected chi connectivity index (χ4v) is 3.64. The zero-order chi connectivity index (χ0) is 13.9. The second-order valence-corrected chi connectivity index (χ2v) is 6.88. The zero-order valence-electron chi connectivity index (χ0n) is 10.4. The largest absolute Gasteiger partial charge is 0.242 e. The van der Waals surface area contributed by atoms with Crippen molar-refractivity contribution in [3.8, 4) is 6.07 Å². The number of nitrogens with one attached hydrogen (secondary N) is 1. The van der Waals surface area contributed by atoms with Gasteiger partial charge in [0.05, 0.1) is 16.7 Å². The summed E-state index contributed by atoms with van der Waals surface area (Å²) in [6, 6.07) is 6.10. The maximum absolute atomic E-state index is 12.1. The van der Waals surface area contributed by atoms with Gasteiger partial charge in [-0.15, -0.1) is 0 Å². The molecule has 2 rings (SSSR count). The van der Waals surface area contributed by atoms with E-state index in [9.17, 15) is 8.42 Å². The molecule has 0 unspecified atom stereocenters. The number of sulfonamides is 1. The third-order valence-corrected chi connectivity index (χ3v) is 5.36. The standard InChI is InChI=1S/C13H15ClN2O2S/c14-12-8-11(9-15)4-5-13(12)19(17,18)16-7-6-10-2-1-3-10/h4-5,8,10,16H,1-3,6-7H2. The van der Waals surface area contributed by atoms with Gasteiger partial charge in [0.1, 0.15) is 4.90 Å². The molecule has 0 bridgehead atoms. The van der Waals surface area contributed by atoms with Gasteiger partial charge >= 0.3 is 0 Å². The molecule has 0 aromatic heterocycles. The van der Waals surface area contributed by atoms with Crippen LogP contribution in [-0.4, -0.2) is 15.0 Å². The van der Waals surface area contributed by atoms with Gasteiger partial charge in [0.2, 0.25) is 10.0 Å². The van der Waals surface area contributed by atoms with E-state index >= 15 is 0 Å². The number of benzene rings is 1. The van der Waals surface area contributed by atoms with Crippen LogP contribution in [0.4, 0.5) is 0 Å². The molecule has 19 heavy (non-hydrogen) atoms. The summed E-state index contributed by atoms with van der Waals surface area (Å²) in [4.78, 5) is 0.0294. The van der Waals surface area contributed by atoms with Crippen molar-refractivity contribution in [1.29, 1.82) is 5.26 Å². The molecule has 0 amide bonds. The van der Waals surface area contributed by atoms with E-state index in [1.54, 1.807) is 0 Å². The lowest BCUT2D eigenvalue weighted by molar-refractivity contribution is 0.297. The number of hydrogen-bond donors (Lipinski definition) is 1. The van der Waals surface area contributed by atoms with Crippen LogP contribution in [0.25, 0.3) is 0 Å². The first-order valence-corrected chi connectivity index (χ1v) is 8.08. The van der Waals surface area contributed by atoms with Crippen molar-refractivity contribution in [2.45, 2.75) is 30.6 Å². The van der Waals surface area contributed by atoms with Crippen molar-refractivity contribution >= 4 is 21.6 Å². The van der Waals surface area contributed by atoms with Crippen LogP contribution < -0.4 is 4.72 Å². The lowest BCUT2D eigenvalue weighted by atomic mass is 9.83. The van der Waals surface area contributed by atoms with E-state index in [1.165, 1.54) is 37.5 Å². The van der Waals surface area contributed by atoms with E-state index in [2.05, 4.69) is 4.72 Å². The Labute approximate surface area is 118 Å². The van der Waals surface area contributed by atoms with Gasteiger partial charge in [0, 0.05) is 6.54 Å². The van der Waals surface area contributed by atoms with E-state index in [1.807, 2.05) is 6.07 Å². The van der Waals surface area contributed by atoms with E-state index < -0.39 is 10.0 Å². The molecule has 0 atom stereocenters. The third kappa shape index (κ3) is 3.47. The van der Waals surface area contributed by atoms with Gasteiger partial charge < -0.3 is 0 Å². The van der Waals surface area contributed by atoms with E-state index in [4.69, 9.17) is 16.9 Å². The van der Waals surface area contributed by atoms with E-state index in [0.29, 0.717) is 18.0 Å². The third-order valence-electron chi connectivity index (χ3n) is 3.42. The maximum atomic E-state index is 12.1. The molecule has 0 spiro atoms. The summed E-state index contributed by atoms with van der Waals surface area (Å²) < 4.78 is 26.7. The summed E-state index contributed by atoms with van der Waals surface area (Å²) in [5, 5.41) is 8.80. The second kappa shape index (κ2) is 5.91. The Hall–Kier alpha value is -1.09. The van der Waals surface area contributed by atoms with E-state index in [-0.39, 0.29) is 9.92 Å². The molecule has 0 heterocycles. The molecule has 0 aliphatic heterocycles. The molecule has 1 aromatic rings. The Bertz CT molecular complexity index is 604. The Morgan fingerprint density at radius 3 is 2.68 bits per heavy atom. The quantitative estimate of drug-likeness (QED) is 0.908. The highest BCUT2D eigenvalue weighted by Crippen LogP contribution is 2.29. The van der Waals surface area contributed by atoms with Gasteiger partial charge in [-0.3, -0.25) is 0 Å². The van der Waals surface area contributed by atoms with Crippen LogP contribution in [0.15, 0.2) is 23.1 Å². The van der Waals surface area contributed by atoms with Crippen LogP contribution in [0.1, 0.15) is 31.2 Å². The Balaban J connectivity index is 2.04. The first-order chi connectivity index (χ1) is 9.03. The highest BCUT2D eigenvalue weighted by atomic mass is 35.5. The van der Waals surface area contributed by atoms with Crippen LogP contribution in [-0.2, 0) is 10.0 Å². The summed E-state index contributed by atoms with van der Waals surface area (Å²) >= 11 is 5.90. The van der Waals surface area contributed by atoms with Gasteiger partial charge in [-0.05, 0) is 30.5 Å². The Morgan fingerprint density at radius 1 is 1.42 bits per heavy atom. The SMILES string of the molecule is N#Cc1ccc(S(=O)(=O)NCCC2CCC2)c(Cl)c1. The summed E-state index contributed by atoms with van der Waals surface area (Å²) in [5.74, 6) is 0.652. The van der Waals surface area contributed by atoms with Crippen LogP contribution in [0.5, 0.6) is 0 Å². The van der Waals surface area contributed by atoms with Gasteiger partial charge in [-0.2, -0.15) is 5.26 Å². The predicted molar refractivity (Wildman–Crippen MR) is 73.3 cm³/mol. The molecule has 102 valence electrons. The maximum Gasteiger partial charge on any atom is 0.242 e. The zero-order valence-corrected chi connectivity index (χ0v) is 12.0. The van der Waals surface area contributed by atoms with Crippen LogP contribution >= 0.6 is 11.6 Å². The average molecular weight is 299 g/mol. The second-order valence-electron chi connectivity index (χ2n) is 4.74. The Kier molecular flexibility index (Phi) is 4.46. The molecule has 1 aromatic carbocycles. The first kappa shape index (κ1) is 14.3. The molecule has 0 radical (unpaired) electrons. The van der Waals surface area contributed by atoms with Crippen LogP contribution in [0, 0.1) is 17.2 Å². The van der Waals surface area contributed by atoms with Crippen molar-refractivity contribution in [2.75, 3.05) is 6.54 Å². The fourth-order valence-electron chi connectivity index (χ4n) is 2.04. The van der Waals surface area contributed by atoms with Gasteiger partial charge in [0.15, 0.2) is 0 Å². The lowest BCUT2D eigenvalue weighted by Gasteiger charge is -2.25. The minimum Gasteiger partial charge on any atom is -0.211 e. The molecular formula is C13H15ClN2O2S. The topological polar surface area (TPSA) is 70.0 Å². The van der Waals surface area contributed by atoms with Crippen LogP contribution in [0.3, 0.4) is 0 Å². The van der Waals surface area contributed by atoms with Crippen molar-refractivity contribution in [2.24, 2.45) is 5.92 Å². The molecule has 4 nitrogen and oxygen atoms in total. The first-order valence-electron chi connectivity index (χ1n) is 6.22. The monoisotopic (exact) mass is 298 g/mol. The van der Waals surface area contributed by atoms with Crippen molar-refractivity contribution in [1.82, 2.24) is 4.72 Å². The highest BCUT2D eigenvalue weighted by molar-refractivity contribution is 7.89. The van der Waals surface area contributed by atoms with Crippen molar-refractivity contribution in [3.63, 3.8) is 0 Å². The molecule has 1 saturated carbocycles. The average Bonchev–Trinajstić information content (AvgIpc) is 2.31. The Morgan fingerprint density at radius 2 is 2.16 bits per heavy atom. The summed E-state index contributed by atoms with van der Waals surface area (Å²) in [5.41, 5.74) is 0.346. The summed E-state index contributed by atoms with van der Waals surface area (Å²) in [6.07, 6.45) is 4.50. The minimum atomic E-state index is -3.59. The van der Waals surface area contributed by atoms with E-state index in [0.717, 1.165) is 6.42 Å². The molecule has 1 N–H and O–H groups in total. The van der Waals surface area contributed by atoms with Crippen LogP contribution in [0.2, 0.25) is 5.02 Å². The van der Waals surface area contributed by atoms with Gasteiger partial charge in [0.25, 0.3) is 0 Å². The van der Waals surface area contributed by atoms with Crippen molar-refractivity contribution < 1.29 is 8.42 Å². The van der Waals surface area contributed by atoms with Gasteiger partial charge in [-0.25, -0.2) is 13.1 Å². The summed E-state index contributed by atoms with van der Waals surface area (Å²) in [7, 11) is -3.59. The molecule has 0 saturated heterocycles. The van der Waals surface area contributed by atoms with Gasteiger partial charge in [-0.1, -0.05) is 30.9 Å². The number of nitriles is 1. The number of hydrogen-bond acceptors (Lipinski definition) is 3. The molecule has 6 heteroatoms. The normalized spacial score (nSPS) is 15.8. The number of nitrogens with zero attached hydrogens (tertiary/aromatic N) is 1. The van der Waals surface area contributed by atoms with Crippen molar-refractivity contribution in [3.05, 3.63) is 28.8 Å². The highest BCUT2D eigenvalue weighted by Gasteiger charge is 2.20. The molecule has 1 fully saturated rings. The molecular weight excluding hydrogens is 284 g/mol. The summed E-state index contributed by atoms with van der Waals surface area (Å²) in [6.45, 7) is 0.434. The minimum absolute atomic E-state index is 0.0294. The molecule has 1 aliphatic carbocycles. The number of rotatable bonds is 5. The molecule has 1 aliphatic rings. The predicted octanol–water partition coefficient (Wildman–Crippen LogP) is 2.68. The lowest BCUT2D eigenvalue weighted by Crippen LogP contribution is -2.27. The number of halogens is 1. The smallest absolute Gasteiger partial charge is 0.211 e. The fraction of sp³-hybridized carbons (Fsp3) is 0.462.